The van der Waals surface area contributed by atoms with E-state index in [1.807, 2.05) is 36.4 Å². The van der Waals surface area contributed by atoms with Crippen LogP contribution in [0.15, 0.2) is 42.5 Å². The third-order valence-electron chi connectivity index (χ3n) is 3.32. The number of carbonyl (C=O) groups excluding carboxylic acids is 2. The molecule has 126 valence electrons. The van der Waals surface area contributed by atoms with Gasteiger partial charge in [0.25, 0.3) is 0 Å². The van der Waals surface area contributed by atoms with Crippen LogP contribution in [0.1, 0.15) is 38.7 Å². The zero-order valence-corrected chi connectivity index (χ0v) is 14.0. The number of hydrogen-bond acceptors (Lipinski definition) is 4. The first-order valence-corrected chi connectivity index (χ1v) is 8.11. The summed E-state index contributed by atoms with van der Waals surface area (Å²) in [6.07, 6.45) is 5.18. The number of hydrogen-bond donors (Lipinski definition) is 0. The van der Waals surface area contributed by atoms with Crippen molar-refractivity contribution >= 4 is 11.8 Å². The Bertz CT molecular complexity index is 493. The minimum absolute atomic E-state index is 0.0387. The van der Waals surface area contributed by atoms with Crippen LogP contribution in [0.5, 0.6) is 0 Å². The Morgan fingerprint density at radius 2 is 1.96 bits per heavy atom. The second-order valence-electron chi connectivity index (χ2n) is 5.40. The fourth-order valence-electron chi connectivity index (χ4n) is 2.00. The van der Waals surface area contributed by atoms with Gasteiger partial charge in [-0.3, -0.25) is 9.59 Å². The third kappa shape index (κ3) is 8.94. The molecule has 0 saturated carbocycles. The van der Waals surface area contributed by atoms with E-state index in [1.165, 1.54) is 0 Å². The van der Waals surface area contributed by atoms with Crippen molar-refractivity contribution < 1.29 is 19.1 Å². The van der Waals surface area contributed by atoms with Crippen molar-refractivity contribution in [3.8, 4) is 0 Å². The van der Waals surface area contributed by atoms with E-state index in [-0.39, 0.29) is 24.1 Å². The van der Waals surface area contributed by atoms with E-state index in [2.05, 4.69) is 0 Å². The van der Waals surface area contributed by atoms with Gasteiger partial charge in [-0.15, -0.1) is 0 Å². The average Bonchev–Trinajstić information content (AvgIpc) is 2.54. The first-order valence-electron chi connectivity index (χ1n) is 8.11. The molecule has 1 rings (SSSR count). The molecule has 4 nitrogen and oxygen atoms in total. The highest BCUT2D eigenvalue weighted by molar-refractivity contribution is 5.93. The van der Waals surface area contributed by atoms with Crippen molar-refractivity contribution in [1.82, 2.24) is 0 Å². The van der Waals surface area contributed by atoms with Crippen molar-refractivity contribution in [2.24, 2.45) is 5.92 Å². The molecule has 1 unspecified atom stereocenters. The number of rotatable bonds is 11. The van der Waals surface area contributed by atoms with Crippen molar-refractivity contribution in [3.63, 3.8) is 0 Å². The molecule has 0 fully saturated rings. The van der Waals surface area contributed by atoms with Crippen LogP contribution in [0, 0.1) is 5.92 Å². The van der Waals surface area contributed by atoms with Crippen molar-refractivity contribution in [2.45, 2.75) is 39.7 Å². The maximum absolute atomic E-state index is 11.8. The largest absolute Gasteiger partial charge is 0.466 e. The lowest BCUT2D eigenvalue weighted by Crippen LogP contribution is -2.15. The summed E-state index contributed by atoms with van der Waals surface area (Å²) in [4.78, 5) is 23.1. The highest BCUT2D eigenvalue weighted by Crippen LogP contribution is 2.07. The van der Waals surface area contributed by atoms with Crippen molar-refractivity contribution in [1.29, 1.82) is 0 Å². The van der Waals surface area contributed by atoms with Crippen LogP contribution in [0.2, 0.25) is 0 Å². The van der Waals surface area contributed by atoms with Gasteiger partial charge in [0.1, 0.15) is 0 Å². The van der Waals surface area contributed by atoms with E-state index in [1.54, 1.807) is 19.9 Å². The Kier molecular flexibility index (Phi) is 9.64. The van der Waals surface area contributed by atoms with E-state index in [9.17, 15) is 9.59 Å². The maximum Gasteiger partial charge on any atom is 0.306 e. The molecule has 1 aromatic carbocycles. The van der Waals surface area contributed by atoms with E-state index in [4.69, 9.17) is 9.47 Å². The molecule has 0 heterocycles. The second kappa shape index (κ2) is 11.6. The van der Waals surface area contributed by atoms with Gasteiger partial charge in [-0.05, 0) is 31.4 Å². The van der Waals surface area contributed by atoms with Gasteiger partial charge in [0, 0.05) is 12.5 Å². The summed E-state index contributed by atoms with van der Waals surface area (Å²) in [6, 6.07) is 10.0. The molecule has 4 heteroatoms. The smallest absolute Gasteiger partial charge is 0.306 e. The van der Waals surface area contributed by atoms with Gasteiger partial charge >= 0.3 is 5.97 Å². The summed E-state index contributed by atoms with van der Waals surface area (Å²) in [5.74, 6) is -0.695. The molecule has 0 bridgehead atoms. The summed E-state index contributed by atoms with van der Waals surface area (Å²) in [5, 5.41) is 0. The number of benzene rings is 1. The molecule has 0 radical (unpaired) electrons. The van der Waals surface area contributed by atoms with E-state index in [0.717, 1.165) is 18.4 Å². The van der Waals surface area contributed by atoms with Gasteiger partial charge in [0.05, 0.1) is 19.6 Å². The van der Waals surface area contributed by atoms with Gasteiger partial charge in [-0.2, -0.15) is 0 Å². The van der Waals surface area contributed by atoms with Crippen molar-refractivity contribution in [3.05, 3.63) is 48.0 Å². The van der Waals surface area contributed by atoms with Crippen LogP contribution in [0.3, 0.4) is 0 Å². The molecule has 0 aliphatic rings. The predicted molar refractivity (Wildman–Crippen MR) is 89.9 cm³/mol. The van der Waals surface area contributed by atoms with E-state index in [0.29, 0.717) is 19.8 Å². The maximum atomic E-state index is 11.8. The van der Waals surface area contributed by atoms with Gasteiger partial charge in [-0.1, -0.05) is 43.3 Å². The Balaban J connectivity index is 2.11. The quantitative estimate of drug-likeness (QED) is 0.355. The first kappa shape index (κ1) is 19.1. The predicted octanol–water partition coefficient (Wildman–Crippen LogP) is 3.70. The van der Waals surface area contributed by atoms with Crippen LogP contribution in [-0.4, -0.2) is 25.0 Å². The topological polar surface area (TPSA) is 52.6 Å². The van der Waals surface area contributed by atoms with Gasteiger partial charge in [-0.25, -0.2) is 0 Å². The second-order valence-corrected chi connectivity index (χ2v) is 5.40. The van der Waals surface area contributed by atoms with Crippen LogP contribution in [0.4, 0.5) is 0 Å². The summed E-state index contributed by atoms with van der Waals surface area (Å²) < 4.78 is 10.4. The minimum Gasteiger partial charge on any atom is -0.466 e. The molecule has 1 aromatic rings. The SMILES string of the molecule is CCOC(=O)CC(C)C(=O)/C=C/CCCOCc1ccccc1. The molecule has 0 aromatic heterocycles. The van der Waals surface area contributed by atoms with Crippen molar-refractivity contribution in [2.75, 3.05) is 13.2 Å². The molecule has 0 amide bonds. The van der Waals surface area contributed by atoms with E-state index < -0.39 is 0 Å². The average molecular weight is 318 g/mol. The molecule has 23 heavy (non-hydrogen) atoms. The highest BCUT2D eigenvalue weighted by atomic mass is 16.5. The van der Waals surface area contributed by atoms with Crippen LogP contribution >= 0.6 is 0 Å². The number of carbonyl (C=O) groups is 2. The summed E-state index contributed by atoms with van der Waals surface area (Å²) in [6.45, 7) is 5.11. The monoisotopic (exact) mass is 318 g/mol. The standard InChI is InChI=1S/C19H26O4/c1-3-23-19(21)14-16(2)18(20)12-8-5-9-13-22-15-17-10-6-4-7-11-17/h4,6-8,10-12,16H,3,5,9,13-15H2,1-2H3/b12-8+. The molecule has 0 N–H and O–H groups in total. The molecule has 1 atom stereocenters. The number of allylic oxidation sites excluding steroid dienone is 2. The summed E-state index contributed by atoms with van der Waals surface area (Å²) >= 11 is 0. The number of ether oxygens (including phenoxy) is 2. The number of esters is 1. The lowest BCUT2D eigenvalue weighted by Gasteiger charge is -2.06. The Morgan fingerprint density at radius 3 is 2.65 bits per heavy atom. The van der Waals surface area contributed by atoms with Crippen LogP contribution in [-0.2, 0) is 25.7 Å². The fourth-order valence-corrected chi connectivity index (χ4v) is 2.00. The Labute approximate surface area is 138 Å². The van der Waals surface area contributed by atoms with Crippen LogP contribution < -0.4 is 0 Å². The third-order valence-corrected chi connectivity index (χ3v) is 3.32. The summed E-state index contributed by atoms with van der Waals surface area (Å²) in [5.41, 5.74) is 1.16. The highest BCUT2D eigenvalue weighted by Gasteiger charge is 2.15. The number of unbranched alkanes of at least 4 members (excludes halogenated alkanes) is 1. The lowest BCUT2D eigenvalue weighted by atomic mass is 10.0. The Hall–Kier alpha value is -1.94. The normalized spacial score (nSPS) is 12.3. The van der Waals surface area contributed by atoms with Gasteiger partial charge in [0.15, 0.2) is 5.78 Å². The zero-order chi connectivity index (χ0) is 16.9. The minimum atomic E-state index is -0.334. The fraction of sp³-hybridized carbons (Fsp3) is 0.474. The molecule has 0 aliphatic carbocycles. The lowest BCUT2D eigenvalue weighted by molar-refractivity contribution is -0.145. The molecular formula is C19H26O4. The van der Waals surface area contributed by atoms with Gasteiger partial charge in [0.2, 0.25) is 0 Å². The van der Waals surface area contributed by atoms with E-state index >= 15 is 0 Å². The molecule has 0 saturated heterocycles. The first-order chi connectivity index (χ1) is 11.1. The molecular weight excluding hydrogens is 292 g/mol. The Morgan fingerprint density at radius 1 is 1.22 bits per heavy atom. The molecule has 0 aliphatic heterocycles. The number of ketones is 1. The summed E-state index contributed by atoms with van der Waals surface area (Å²) in [7, 11) is 0. The molecule has 0 spiro atoms. The zero-order valence-electron chi connectivity index (χ0n) is 14.0. The van der Waals surface area contributed by atoms with Crippen LogP contribution in [0.25, 0.3) is 0 Å². The van der Waals surface area contributed by atoms with Gasteiger partial charge < -0.3 is 9.47 Å².